The third kappa shape index (κ3) is 10.3. The molecule has 0 spiro atoms. The van der Waals surface area contributed by atoms with Gasteiger partial charge in [0.2, 0.25) is 23.6 Å². The van der Waals surface area contributed by atoms with E-state index in [2.05, 4.69) is 21.3 Å². The lowest BCUT2D eigenvalue weighted by atomic mass is 9.95. The van der Waals surface area contributed by atoms with Gasteiger partial charge in [-0.1, -0.05) is 30.3 Å². The summed E-state index contributed by atoms with van der Waals surface area (Å²) in [4.78, 5) is 52.6. The van der Waals surface area contributed by atoms with Crippen LogP contribution in [0.5, 0.6) is 5.75 Å². The molecule has 0 fully saturated rings. The number of carbonyl (C=O) groups is 4. The van der Waals surface area contributed by atoms with Gasteiger partial charge < -0.3 is 49.3 Å². The molecule has 240 valence electrons. The maximum Gasteiger partial charge on any atom is 0.242 e. The van der Waals surface area contributed by atoms with Crippen molar-refractivity contribution >= 4 is 23.6 Å². The molecule has 13 heteroatoms. The fourth-order valence-corrected chi connectivity index (χ4v) is 5.15. The van der Waals surface area contributed by atoms with E-state index in [0.717, 1.165) is 16.7 Å². The van der Waals surface area contributed by atoms with Gasteiger partial charge in [0.25, 0.3) is 0 Å². The Balaban J connectivity index is 1.94. The van der Waals surface area contributed by atoms with Gasteiger partial charge in [-0.05, 0) is 79.6 Å². The standard InChI is InChI=1S/C31H46N8O5/c32-10-2-6-25(30(43)36-13-12-34)38-28(41)18-23-15-19-4-1-5-20(14-19)21-8-9-27(40)22(16-21)17-24(35)29(42)39-26(7-3-11-33)31(44)37-23/h1,4-5,8-9,14,16,23-26,40H,2-3,6-7,10-13,15,17-18,32-35H2,(H,36,43)(H,37,44)(H,38,41)(H,39,42)/t23-,24-,25?,26-/m0/s1. The molecule has 2 aromatic rings. The van der Waals surface area contributed by atoms with Gasteiger partial charge in [0.1, 0.15) is 17.8 Å². The van der Waals surface area contributed by atoms with Gasteiger partial charge >= 0.3 is 0 Å². The molecule has 0 saturated carbocycles. The van der Waals surface area contributed by atoms with Crippen molar-refractivity contribution in [2.75, 3.05) is 26.2 Å². The Kier molecular flexibility index (Phi) is 13.5. The molecule has 4 atom stereocenters. The van der Waals surface area contributed by atoms with Crippen molar-refractivity contribution in [1.29, 1.82) is 0 Å². The van der Waals surface area contributed by atoms with Gasteiger partial charge in [-0.3, -0.25) is 19.2 Å². The topological polar surface area (TPSA) is 241 Å². The largest absolute Gasteiger partial charge is 0.508 e. The SMILES string of the molecule is NCCCC(NC(=O)C[C@@H]1Cc2cccc(c2)-c2ccc(O)c(c2)C[C@H](N)C(=O)N[C@@H](CCCN)C(=O)N1)C(=O)NCCN. The summed E-state index contributed by atoms with van der Waals surface area (Å²) < 4.78 is 0. The summed E-state index contributed by atoms with van der Waals surface area (Å²) in [7, 11) is 0. The highest BCUT2D eigenvalue weighted by Crippen LogP contribution is 2.28. The molecule has 13 N–H and O–H groups in total. The van der Waals surface area contributed by atoms with E-state index in [1.54, 1.807) is 18.2 Å². The van der Waals surface area contributed by atoms with Crippen LogP contribution in [0.1, 0.15) is 43.2 Å². The van der Waals surface area contributed by atoms with Gasteiger partial charge in [0.15, 0.2) is 0 Å². The summed E-state index contributed by atoms with van der Waals surface area (Å²) in [6.45, 7) is 1.19. The minimum Gasteiger partial charge on any atom is -0.508 e. The van der Waals surface area contributed by atoms with Crippen molar-refractivity contribution in [2.45, 2.75) is 69.1 Å². The molecule has 1 aliphatic heterocycles. The first-order chi connectivity index (χ1) is 21.1. The zero-order valence-corrected chi connectivity index (χ0v) is 25.0. The zero-order valence-electron chi connectivity index (χ0n) is 25.0. The van der Waals surface area contributed by atoms with Crippen LogP contribution < -0.4 is 44.2 Å². The highest BCUT2D eigenvalue weighted by molar-refractivity contribution is 5.91. The minimum absolute atomic E-state index is 0.0162. The van der Waals surface area contributed by atoms with E-state index in [9.17, 15) is 24.3 Å². The van der Waals surface area contributed by atoms with Crippen LogP contribution in [0.4, 0.5) is 0 Å². The molecule has 1 aliphatic rings. The lowest BCUT2D eigenvalue weighted by Crippen LogP contribution is -2.55. The van der Waals surface area contributed by atoms with Crippen LogP contribution in [0.3, 0.4) is 0 Å². The summed E-state index contributed by atoms with van der Waals surface area (Å²) in [6.07, 6.45) is 1.82. The van der Waals surface area contributed by atoms with Gasteiger partial charge in [-0.2, -0.15) is 0 Å². The fraction of sp³-hybridized carbons (Fsp3) is 0.484. The van der Waals surface area contributed by atoms with E-state index in [-0.39, 0.29) is 44.0 Å². The summed E-state index contributed by atoms with van der Waals surface area (Å²) in [5.41, 5.74) is 26.1. The van der Waals surface area contributed by atoms with E-state index < -0.39 is 41.9 Å². The predicted octanol–water partition coefficient (Wildman–Crippen LogP) is -1.12. The number of phenolic OH excluding ortho intramolecular Hbond substituents is 1. The maximum atomic E-state index is 13.6. The fourth-order valence-electron chi connectivity index (χ4n) is 5.15. The second-order valence-electron chi connectivity index (χ2n) is 11.1. The Labute approximate surface area is 257 Å². The highest BCUT2D eigenvalue weighted by Gasteiger charge is 2.28. The molecule has 0 aromatic heterocycles. The summed E-state index contributed by atoms with van der Waals surface area (Å²) in [5, 5.41) is 21.6. The monoisotopic (exact) mass is 610 g/mol. The van der Waals surface area contributed by atoms with E-state index in [1.165, 1.54) is 0 Å². The van der Waals surface area contributed by atoms with Crippen LogP contribution >= 0.6 is 0 Å². The Morgan fingerprint density at radius 2 is 1.68 bits per heavy atom. The second-order valence-corrected chi connectivity index (χ2v) is 11.1. The average Bonchev–Trinajstić information content (AvgIpc) is 3.00. The molecule has 1 unspecified atom stereocenters. The molecular formula is C31H46N8O5. The van der Waals surface area contributed by atoms with Gasteiger partial charge in [-0.25, -0.2) is 0 Å². The number of hydrogen-bond acceptors (Lipinski definition) is 9. The smallest absolute Gasteiger partial charge is 0.242 e. The molecule has 3 rings (SSSR count). The Bertz CT molecular complexity index is 1290. The molecular weight excluding hydrogens is 564 g/mol. The molecule has 2 aromatic carbocycles. The zero-order chi connectivity index (χ0) is 32.1. The number of aromatic hydroxyl groups is 1. The molecule has 1 heterocycles. The van der Waals surface area contributed by atoms with Crippen LogP contribution in [0, 0.1) is 0 Å². The first-order valence-electron chi connectivity index (χ1n) is 15.1. The number of carbonyl (C=O) groups excluding carboxylic acids is 4. The molecule has 0 aliphatic carbocycles. The maximum absolute atomic E-state index is 13.6. The van der Waals surface area contributed by atoms with Crippen molar-refractivity contribution in [3.05, 3.63) is 53.6 Å². The average molecular weight is 611 g/mol. The number of amides is 4. The number of nitrogens with one attached hydrogen (secondary N) is 4. The van der Waals surface area contributed by atoms with Crippen molar-refractivity contribution in [3.63, 3.8) is 0 Å². The molecule has 13 nitrogen and oxygen atoms in total. The molecule has 4 bridgehead atoms. The number of benzene rings is 2. The van der Waals surface area contributed by atoms with E-state index >= 15 is 0 Å². The van der Waals surface area contributed by atoms with Crippen molar-refractivity contribution < 1.29 is 24.3 Å². The van der Waals surface area contributed by atoms with E-state index in [4.69, 9.17) is 22.9 Å². The molecule has 0 radical (unpaired) electrons. The Hall–Kier alpha value is -4.04. The van der Waals surface area contributed by atoms with Gasteiger partial charge in [-0.15, -0.1) is 0 Å². The highest BCUT2D eigenvalue weighted by atomic mass is 16.3. The normalized spacial score (nSPS) is 19.5. The van der Waals surface area contributed by atoms with Crippen LogP contribution in [-0.2, 0) is 32.0 Å². The number of phenols is 1. The van der Waals surface area contributed by atoms with Gasteiger partial charge in [0.05, 0.1) is 6.04 Å². The third-order valence-corrected chi connectivity index (χ3v) is 7.50. The van der Waals surface area contributed by atoms with Crippen molar-refractivity contribution in [2.24, 2.45) is 22.9 Å². The van der Waals surface area contributed by atoms with Crippen LogP contribution in [0.25, 0.3) is 11.1 Å². The van der Waals surface area contributed by atoms with Gasteiger partial charge in [0, 0.05) is 32.0 Å². The lowest BCUT2D eigenvalue weighted by Gasteiger charge is -2.25. The Morgan fingerprint density at radius 3 is 2.41 bits per heavy atom. The lowest BCUT2D eigenvalue weighted by molar-refractivity contribution is -0.131. The summed E-state index contributed by atoms with van der Waals surface area (Å²) in [5.74, 6) is -1.80. The van der Waals surface area contributed by atoms with E-state index in [1.807, 2.05) is 24.3 Å². The molecule has 44 heavy (non-hydrogen) atoms. The van der Waals surface area contributed by atoms with Crippen molar-refractivity contribution in [3.8, 4) is 16.9 Å². The van der Waals surface area contributed by atoms with Crippen LogP contribution in [0.15, 0.2) is 42.5 Å². The van der Waals surface area contributed by atoms with E-state index in [0.29, 0.717) is 44.3 Å². The first kappa shape index (κ1) is 34.5. The predicted molar refractivity (Wildman–Crippen MR) is 168 cm³/mol. The summed E-state index contributed by atoms with van der Waals surface area (Å²) in [6, 6.07) is 9.30. The first-order valence-corrected chi connectivity index (χ1v) is 15.1. The van der Waals surface area contributed by atoms with Crippen LogP contribution in [-0.4, -0.2) is 79.1 Å². The minimum atomic E-state index is -1.03. The number of nitrogens with two attached hydrogens (primary N) is 4. The van der Waals surface area contributed by atoms with Crippen LogP contribution in [0.2, 0.25) is 0 Å². The second kappa shape index (κ2) is 17.3. The third-order valence-electron chi connectivity index (χ3n) is 7.50. The number of hydrogen-bond donors (Lipinski definition) is 9. The number of fused-ring (bicyclic) bond motifs is 5. The Morgan fingerprint density at radius 1 is 0.932 bits per heavy atom. The molecule has 0 saturated heterocycles. The quantitative estimate of drug-likeness (QED) is 0.141. The van der Waals surface area contributed by atoms with Crippen molar-refractivity contribution in [1.82, 2.24) is 21.3 Å². The number of rotatable bonds is 12. The molecule has 4 amide bonds. The summed E-state index contributed by atoms with van der Waals surface area (Å²) >= 11 is 0.